The van der Waals surface area contributed by atoms with Crippen molar-refractivity contribution in [3.63, 3.8) is 0 Å². The van der Waals surface area contributed by atoms with E-state index < -0.39 is 0 Å². The molecule has 0 heterocycles. The topological polar surface area (TPSA) is 21.3 Å². The van der Waals surface area contributed by atoms with Gasteiger partial charge in [0.15, 0.2) is 0 Å². The maximum Gasteiger partial charge on any atom is 0.0779 e. The summed E-state index contributed by atoms with van der Waals surface area (Å²) in [5, 5.41) is 3.36. The monoisotopic (exact) mass is 201 g/mol. The first kappa shape index (κ1) is 13.9. The van der Waals surface area contributed by atoms with Crippen molar-refractivity contribution < 1.29 is 4.74 Å². The Kier molecular flexibility index (Phi) is 7.20. The van der Waals surface area contributed by atoms with Crippen molar-refractivity contribution in [1.29, 1.82) is 0 Å². The van der Waals surface area contributed by atoms with E-state index in [9.17, 15) is 0 Å². The van der Waals surface area contributed by atoms with Gasteiger partial charge in [-0.15, -0.1) is 0 Å². The average Bonchev–Trinajstić information content (AvgIpc) is 2.15. The van der Waals surface area contributed by atoms with Crippen LogP contribution in [0.5, 0.6) is 0 Å². The Hall–Kier alpha value is -0.0800. The van der Waals surface area contributed by atoms with Crippen LogP contribution in [0.2, 0.25) is 0 Å². The zero-order chi connectivity index (χ0) is 11.0. The number of rotatable bonds is 8. The maximum atomic E-state index is 6.07. The second kappa shape index (κ2) is 7.24. The van der Waals surface area contributed by atoms with Crippen molar-refractivity contribution in [1.82, 2.24) is 5.32 Å². The first-order chi connectivity index (χ1) is 6.58. The summed E-state index contributed by atoms with van der Waals surface area (Å²) in [5.74, 6) is 0. The molecule has 0 bridgehead atoms. The van der Waals surface area contributed by atoms with E-state index in [-0.39, 0.29) is 5.60 Å². The molecule has 0 aliphatic heterocycles. The van der Waals surface area contributed by atoms with Crippen LogP contribution in [0.3, 0.4) is 0 Å². The Morgan fingerprint density at radius 1 is 1.29 bits per heavy atom. The van der Waals surface area contributed by atoms with Crippen LogP contribution < -0.4 is 5.32 Å². The molecule has 2 nitrogen and oxygen atoms in total. The van der Waals surface area contributed by atoms with E-state index in [0.717, 1.165) is 25.9 Å². The van der Waals surface area contributed by atoms with E-state index in [0.29, 0.717) is 6.10 Å². The van der Waals surface area contributed by atoms with Crippen LogP contribution >= 0.6 is 0 Å². The van der Waals surface area contributed by atoms with Crippen LogP contribution in [-0.2, 0) is 4.74 Å². The lowest BCUT2D eigenvalue weighted by Gasteiger charge is -2.32. The Morgan fingerprint density at radius 2 is 1.93 bits per heavy atom. The summed E-state index contributed by atoms with van der Waals surface area (Å²) < 4.78 is 6.07. The van der Waals surface area contributed by atoms with Gasteiger partial charge in [0.2, 0.25) is 0 Å². The molecule has 0 rings (SSSR count). The summed E-state index contributed by atoms with van der Waals surface area (Å²) in [7, 11) is 0. The number of hydrogen-bond acceptors (Lipinski definition) is 2. The largest absolute Gasteiger partial charge is 0.371 e. The average molecular weight is 201 g/mol. The highest BCUT2D eigenvalue weighted by atomic mass is 16.5. The quantitative estimate of drug-likeness (QED) is 0.652. The molecular weight excluding hydrogens is 174 g/mol. The van der Waals surface area contributed by atoms with Crippen molar-refractivity contribution in [2.24, 2.45) is 0 Å². The second-order valence-electron chi connectivity index (χ2n) is 4.30. The SMILES string of the molecule is CCCC(C)OC(C)(CC)CNCC. The van der Waals surface area contributed by atoms with Gasteiger partial charge in [-0.25, -0.2) is 0 Å². The molecule has 0 saturated carbocycles. The number of likely N-dealkylation sites (N-methyl/N-ethyl adjacent to an activating group) is 1. The fraction of sp³-hybridized carbons (Fsp3) is 1.00. The number of hydrogen-bond donors (Lipinski definition) is 1. The van der Waals surface area contributed by atoms with Crippen molar-refractivity contribution >= 4 is 0 Å². The van der Waals surface area contributed by atoms with Gasteiger partial charge in [0.25, 0.3) is 0 Å². The smallest absolute Gasteiger partial charge is 0.0779 e. The highest BCUT2D eigenvalue weighted by Gasteiger charge is 2.24. The van der Waals surface area contributed by atoms with Gasteiger partial charge in [0, 0.05) is 6.54 Å². The Morgan fingerprint density at radius 3 is 2.36 bits per heavy atom. The highest BCUT2D eigenvalue weighted by Crippen LogP contribution is 2.18. The molecule has 1 N–H and O–H groups in total. The lowest BCUT2D eigenvalue weighted by Crippen LogP contribution is -2.42. The van der Waals surface area contributed by atoms with Gasteiger partial charge in [0.1, 0.15) is 0 Å². The number of nitrogens with one attached hydrogen (secondary N) is 1. The van der Waals surface area contributed by atoms with Crippen molar-refractivity contribution in [3.05, 3.63) is 0 Å². The molecular formula is C12H27NO. The van der Waals surface area contributed by atoms with Crippen LogP contribution in [0.1, 0.15) is 53.9 Å². The van der Waals surface area contributed by atoms with E-state index in [1.54, 1.807) is 0 Å². The van der Waals surface area contributed by atoms with Gasteiger partial charge in [-0.2, -0.15) is 0 Å². The van der Waals surface area contributed by atoms with Gasteiger partial charge in [-0.3, -0.25) is 0 Å². The van der Waals surface area contributed by atoms with Gasteiger partial charge >= 0.3 is 0 Å². The molecule has 0 amide bonds. The number of ether oxygens (including phenoxy) is 1. The van der Waals surface area contributed by atoms with Gasteiger partial charge in [-0.05, 0) is 33.2 Å². The Labute approximate surface area is 89.4 Å². The molecule has 14 heavy (non-hydrogen) atoms. The van der Waals surface area contributed by atoms with Gasteiger partial charge in [0.05, 0.1) is 11.7 Å². The van der Waals surface area contributed by atoms with E-state index >= 15 is 0 Å². The molecule has 0 aromatic carbocycles. The molecule has 86 valence electrons. The zero-order valence-corrected chi connectivity index (χ0v) is 10.5. The van der Waals surface area contributed by atoms with Crippen LogP contribution in [-0.4, -0.2) is 24.8 Å². The third kappa shape index (κ3) is 5.61. The molecule has 0 spiro atoms. The van der Waals surface area contributed by atoms with E-state index in [2.05, 4.69) is 39.9 Å². The molecule has 0 aromatic rings. The Bertz CT molecular complexity index is 138. The standard InChI is InChI=1S/C12H27NO/c1-6-9-11(4)14-12(5,7-2)10-13-8-3/h11,13H,6-10H2,1-5H3. The molecule has 2 atom stereocenters. The minimum Gasteiger partial charge on any atom is -0.371 e. The fourth-order valence-electron chi connectivity index (χ4n) is 1.59. The predicted octanol–water partition coefficient (Wildman–Crippen LogP) is 2.97. The molecule has 0 aliphatic carbocycles. The summed E-state index contributed by atoms with van der Waals surface area (Å²) in [4.78, 5) is 0. The molecule has 2 unspecified atom stereocenters. The van der Waals surface area contributed by atoms with Gasteiger partial charge in [-0.1, -0.05) is 27.2 Å². The third-order valence-electron chi connectivity index (χ3n) is 2.68. The van der Waals surface area contributed by atoms with E-state index in [1.807, 2.05) is 0 Å². The summed E-state index contributed by atoms with van der Waals surface area (Å²) in [6, 6.07) is 0. The summed E-state index contributed by atoms with van der Waals surface area (Å²) in [5.41, 5.74) is 0.00456. The second-order valence-corrected chi connectivity index (χ2v) is 4.30. The molecule has 0 fully saturated rings. The minimum atomic E-state index is 0.00456. The Balaban J connectivity index is 3.96. The van der Waals surface area contributed by atoms with Crippen LogP contribution in [0.25, 0.3) is 0 Å². The lowest BCUT2D eigenvalue weighted by atomic mass is 10.0. The highest BCUT2D eigenvalue weighted by molar-refractivity contribution is 4.77. The van der Waals surface area contributed by atoms with Crippen molar-refractivity contribution in [2.45, 2.75) is 65.6 Å². The first-order valence-corrected chi connectivity index (χ1v) is 5.96. The summed E-state index contributed by atoms with van der Waals surface area (Å²) in [6.45, 7) is 12.9. The molecule has 0 saturated heterocycles. The predicted molar refractivity (Wildman–Crippen MR) is 62.7 cm³/mol. The molecule has 0 radical (unpaired) electrons. The van der Waals surface area contributed by atoms with Crippen LogP contribution in [0.4, 0.5) is 0 Å². The first-order valence-electron chi connectivity index (χ1n) is 5.96. The summed E-state index contributed by atoms with van der Waals surface area (Å²) >= 11 is 0. The third-order valence-corrected chi connectivity index (χ3v) is 2.68. The molecule has 2 heteroatoms. The summed E-state index contributed by atoms with van der Waals surface area (Å²) in [6.07, 6.45) is 3.79. The lowest BCUT2D eigenvalue weighted by molar-refractivity contribution is -0.0785. The van der Waals surface area contributed by atoms with E-state index in [1.165, 1.54) is 6.42 Å². The fourth-order valence-corrected chi connectivity index (χ4v) is 1.59. The minimum absolute atomic E-state index is 0.00456. The van der Waals surface area contributed by atoms with Crippen molar-refractivity contribution in [2.75, 3.05) is 13.1 Å². The van der Waals surface area contributed by atoms with Crippen LogP contribution in [0, 0.1) is 0 Å². The van der Waals surface area contributed by atoms with Gasteiger partial charge < -0.3 is 10.1 Å². The molecule has 0 aliphatic rings. The molecule has 0 aromatic heterocycles. The van der Waals surface area contributed by atoms with E-state index in [4.69, 9.17) is 4.74 Å². The maximum absolute atomic E-state index is 6.07. The zero-order valence-electron chi connectivity index (χ0n) is 10.5. The van der Waals surface area contributed by atoms with Crippen molar-refractivity contribution in [3.8, 4) is 0 Å². The van der Waals surface area contributed by atoms with Crippen LogP contribution in [0.15, 0.2) is 0 Å². The normalized spacial score (nSPS) is 17.8.